The SMILES string of the molecule is COc1cc(C(C)C)ccc1CCNC(C)(C)CN. The maximum Gasteiger partial charge on any atom is 0.122 e. The highest BCUT2D eigenvalue weighted by molar-refractivity contribution is 5.39. The Morgan fingerprint density at radius 2 is 2.00 bits per heavy atom. The largest absolute Gasteiger partial charge is 0.496 e. The number of nitrogens with two attached hydrogens (primary N) is 1. The lowest BCUT2D eigenvalue weighted by atomic mass is 9.99. The minimum absolute atomic E-state index is 0.00882. The van der Waals surface area contributed by atoms with Crippen molar-refractivity contribution < 1.29 is 4.74 Å². The zero-order valence-corrected chi connectivity index (χ0v) is 12.9. The standard InChI is InChI=1S/C16H28N2O/c1-12(2)14-7-6-13(15(10-14)19-5)8-9-18-16(3,4)11-17/h6-7,10,12,18H,8-9,11,17H2,1-5H3. The molecule has 0 spiro atoms. The fraction of sp³-hybridized carbons (Fsp3) is 0.625. The summed E-state index contributed by atoms with van der Waals surface area (Å²) in [5, 5.41) is 3.47. The van der Waals surface area contributed by atoms with Crippen LogP contribution in [0.5, 0.6) is 5.75 Å². The maximum absolute atomic E-state index is 5.71. The smallest absolute Gasteiger partial charge is 0.122 e. The molecule has 0 aromatic heterocycles. The van der Waals surface area contributed by atoms with Crippen LogP contribution in [0.25, 0.3) is 0 Å². The number of nitrogens with one attached hydrogen (secondary N) is 1. The van der Waals surface area contributed by atoms with Crippen molar-refractivity contribution in [3.8, 4) is 5.75 Å². The van der Waals surface area contributed by atoms with Crippen molar-refractivity contribution in [3.63, 3.8) is 0 Å². The number of hydrogen-bond acceptors (Lipinski definition) is 3. The quantitative estimate of drug-likeness (QED) is 0.796. The van der Waals surface area contributed by atoms with Gasteiger partial charge in [0.1, 0.15) is 5.75 Å². The highest BCUT2D eigenvalue weighted by atomic mass is 16.5. The second-order valence-corrected chi connectivity index (χ2v) is 5.99. The van der Waals surface area contributed by atoms with E-state index in [0.29, 0.717) is 12.5 Å². The van der Waals surface area contributed by atoms with Crippen LogP contribution in [0.2, 0.25) is 0 Å². The first-order valence-corrected chi connectivity index (χ1v) is 7.01. The molecular formula is C16H28N2O. The molecule has 0 aliphatic rings. The molecule has 19 heavy (non-hydrogen) atoms. The molecule has 108 valence electrons. The molecule has 0 aliphatic carbocycles. The van der Waals surface area contributed by atoms with Crippen LogP contribution in [0.3, 0.4) is 0 Å². The molecule has 0 atom stereocenters. The average Bonchev–Trinajstić information content (AvgIpc) is 2.38. The summed E-state index contributed by atoms with van der Waals surface area (Å²) in [6.45, 7) is 10.2. The van der Waals surface area contributed by atoms with Crippen LogP contribution >= 0.6 is 0 Å². The third-order valence-electron chi connectivity index (χ3n) is 3.49. The molecule has 0 radical (unpaired) electrons. The van der Waals surface area contributed by atoms with Gasteiger partial charge in [-0.25, -0.2) is 0 Å². The van der Waals surface area contributed by atoms with Crippen molar-refractivity contribution in [2.45, 2.75) is 45.6 Å². The van der Waals surface area contributed by atoms with Crippen LogP contribution in [0, 0.1) is 0 Å². The fourth-order valence-electron chi connectivity index (χ4n) is 1.93. The molecule has 1 rings (SSSR count). The van der Waals surface area contributed by atoms with E-state index in [0.717, 1.165) is 18.7 Å². The minimum Gasteiger partial charge on any atom is -0.496 e. The zero-order chi connectivity index (χ0) is 14.5. The van der Waals surface area contributed by atoms with Gasteiger partial charge in [-0.15, -0.1) is 0 Å². The van der Waals surface area contributed by atoms with Crippen molar-refractivity contribution in [3.05, 3.63) is 29.3 Å². The van der Waals surface area contributed by atoms with E-state index in [2.05, 4.69) is 51.2 Å². The molecule has 0 bridgehead atoms. The Bertz CT molecular complexity index is 400. The number of ether oxygens (including phenoxy) is 1. The van der Waals surface area contributed by atoms with Gasteiger partial charge < -0.3 is 15.8 Å². The summed E-state index contributed by atoms with van der Waals surface area (Å²) in [6, 6.07) is 6.51. The molecule has 3 nitrogen and oxygen atoms in total. The second kappa shape index (κ2) is 6.92. The molecule has 1 aromatic carbocycles. The molecule has 0 saturated heterocycles. The van der Waals surface area contributed by atoms with Gasteiger partial charge in [-0.3, -0.25) is 0 Å². The van der Waals surface area contributed by atoms with E-state index in [9.17, 15) is 0 Å². The van der Waals surface area contributed by atoms with Gasteiger partial charge in [-0.1, -0.05) is 26.0 Å². The lowest BCUT2D eigenvalue weighted by Gasteiger charge is -2.24. The second-order valence-electron chi connectivity index (χ2n) is 5.99. The number of benzene rings is 1. The molecular weight excluding hydrogens is 236 g/mol. The monoisotopic (exact) mass is 264 g/mol. The fourth-order valence-corrected chi connectivity index (χ4v) is 1.93. The summed E-state index contributed by atoms with van der Waals surface area (Å²) >= 11 is 0. The molecule has 0 amide bonds. The van der Waals surface area contributed by atoms with Crippen molar-refractivity contribution in [1.82, 2.24) is 5.32 Å². The Hall–Kier alpha value is -1.06. The molecule has 0 heterocycles. The van der Waals surface area contributed by atoms with Gasteiger partial charge in [0.15, 0.2) is 0 Å². The third kappa shape index (κ3) is 4.84. The van der Waals surface area contributed by atoms with Crippen LogP contribution in [0.15, 0.2) is 18.2 Å². The van der Waals surface area contributed by atoms with Crippen LogP contribution in [0.4, 0.5) is 0 Å². The molecule has 0 fully saturated rings. The number of hydrogen-bond donors (Lipinski definition) is 2. The Morgan fingerprint density at radius 1 is 1.32 bits per heavy atom. The molecule has 1 aromatic rings. The summed E-state index contributed by atoms with van der Waals surface area (Å²) in [5.41, 5.74) is 8.26. The average molecular weight is 264 g/mol. The van der Waals surface area contributed by atoms with Crippen LogP contribution < -0.4 is 15.8 Å². The Morgan fingerprint density at radius 3 is 2.53 bits per heavy atom. The third-order valence-corrected chi connectivity index (χ3v) is 3.49. The van der Waals surface area contributed by atoms with Gasteiger partial charge in [0.2, 0.25) is 0 Å². The maximum atomic E-state index is 5.71. The van der Waals surface area contributed by atoms with E-state index in [1.807, 2.05) is 0 Å². The van der Waals surface area contributed by atoms with Gasteiger partial charge in [0, 0.05) is 12.1 Å². The lowest BCUT2D eigenvalue weighted by molar-refractivity contribution is 0.391. The highest BCUT2D eigenvalue weighted by Crippen LogP contribution is 2.25. The first-order valence-electron chi connectivity index (χ1n) is 7.01. The lowest BCUT2D eigenvalue weighted by Crippen LogP contribution is -2.46. The minimum atomic E-state index is -0.00882. The van der Waals surface area contributed by atoms with Crippen molar-refractivity contribution >= 4 is 0 Å². The molecule has 3 N–H and O–H groups in total. The van der Waals surface area contributed by atoms with Gasteiger partial charge in [-0.2, -0.15) is 0 Å². The van der Waals surface area contributed by atoms with E-state index in [4.69, 9.17) is 10.5 Å². The van der Waals surface area contributed by atoms with Crippen molar-refractivity contribution in [2.75, 3.05) is 20.2 Å². The summed E-state index contributed by atoms with van der Waals surface area (Å²) < 4.78 is 5.49. The van der Waals surface area contributed by atoms with Gasteiger partial charge in [0.05, 0.1) is 7.11 Å². The summed E-state index contributed by atoms with van der Waals surface area (Å²) in [5.74, 6) is 1.51. The summed E-state index contributed by atoms with van der Waals surface area (Å²) in [7, 11) is 1.74. The van der Waals surface area contributed by atoms with Crippen LogP contribution in [-0.4, -0.2) is 25.7 Å². The normalized spacial score (nSPS) is 11.9. The van der Waals surface area contributed by atoms with Crippen molar-refractivity contribution in [2.24, 2.45) is 5.73 Å². The Balaban J connectivity index is 2.68. The van der Waals surface area contributed by atoms with Gasteiger partial charge in [0.25, 0.3) is 0 Å². The highest BCUT2D eigenvalue weighted by Gasteiger charge is 2.14. The summed E-state index contributed by atoms with van der Waals surface area (Å²) in [4.78, 5) is 0. The first kappa shape index (κ1) is 16.0. The number of rotatable bonds is 7. The molecule has 0 saturated carbocycles. The van der Waals surface area contributed by atoms with Crippen LogP contribution in [-0.2, 0) is 6.42 Å². The number of methoxy groups -OCH3 is 1. The van der Waals surface area contributed by atoms with E-state index < -0.39 is 0 Å². The Kier molecular flexibility index (Phi) is 5.83. The zero-order valence-electron chi connectivity index (χ0n) is 12.9. The summed E-state index contributed by atoms with van der Waals surface area (Å²) in [6.07, 6.45) is 0.949. The van der Waals surface area contributed by atoms with Gasteiger partial charge in [-0.05, 0) is 49.9 Å². The molecule has 0 aliphatic heterocycles. The van der Waals surface area contributed by atoms with Crippen molar-refractivity contribution in [1.29, 1.82) is 0 Å². The first-order chi connectivity index (χ1) is 8.89. The van der Waals surface area contributed by atoms with E-state index in [1.54, 1.807) is 7.11 Å². The predicted octanol–water partition coefficient (Wildman–Crippen LogP) is 2.69. The molecule has 3 heteroatoms. The predicted molar refractivity (Wildman–Crippen MR) is 81.9 cm³/mol. The molecule has 0 unspecified atom stereocenters. The van der Waals surface area contributed by atoms with E-state index >= 15 is 0 Å². The van der Waals surface area contributed by atoms with E-state index in [1.165, 1.54) is 11.1 Å². The van der Waals surface area contributed by atoms with Crippen LogP contribution in [0.1, 0.15) is 44.7 Å². The Labute approximate surface area is 117 Å². The van der Waals surface area contributed by atoms with E-state index in [-0.39, 0.29) is 5.54 Å². The topological polar surface area (TPSA) is 47.3 Å². The van der Waals surface area contributed by atoms with Gasteiger partial charge >= 0.3 is 0 Å².